The molecular weight excluding hydrogens is 460 g/mol. The number of carbonyl (C=O) groups excluding carboxylic acids is 1. The van der Waals surface area contributed by atoms with E-state index in [1.54, 1.807) is 0 Å². The molecule has 0 fully saturated rings. The fraction of sp³-hybridized carbons (Fsp3) is 0.281. The molecule has 0 aliphatic heterocycles. The van der Waals surface area contributed by atoms with Gasteiger partial charge < -0.3 is 14.5 Å². The highest BCUT2D eigenvalue weighted by Crippen LogP contribution is 2.36. The highest BCUT2D eigenvalue weighted by molar-refractivity contribution is 5.87. The molecule has 4 aromatic rings. The highest BCUT2D eigenvalue weighted by atomic mass is 16.5. The van der Waals surface area contributed by atoms with E-state index in [9.17, 15) is 4.79 Å². The molecule has 0 radical (unpaired) electrons. The number of aryl methyl sites for hydroxylation is 2. The fourth-order valence-electron chi connectivity index (χ4n) is 5.27. The topological polar surface area (TPSA) is 54.6 Å². The van der Waals surface area contributed by atoms with E-state index in [-0.39, 0.29) is 5.97 Å². The minimum absolute atomic E-state index is 0.338. The van der Waals surface area contributed by atoms with E-state index in [0.29, 0.717) is 12.6 Å². The highest BCUT2D eigenvalue weighted by Gasteiger charge is 2.28. The number of esters is 1. The fourth-order valence-corrected chi connectivity index (χ4v) is 5.27. The molecule has 1 atom stereocenters. The normalized spacial score (nSPS) is 14.9. The molecule has 0 bridgehead atoms. The van der Waals surface area contributed by atoms with Gasteiger partial charge in [-0.05, 0) is 72.7 Å². The summed E-state index contributed by atoms with van der Waals surface area (Å²) in [7, 11) is 1.40. The number of fused-ring (bicyclic) bond motifs is 2. The van der Waals surface area contributed by atoms with Crippen molar-refractivity contribution in [1.82, 2.24) is 9.88 Å². The van der Waals surface area contributed by atoms with Crippen molar-refractivity contribution in [1.29, 1.82) is 0 Å². The second kappa shape index (κ2) is 11.5. The first-order valence-electron chi connectivity index (χ1n) is 13.0. The summed E-state index contributed by atoms with van der Waals surface area (Å²) in [6.45, 7) is 4.53. The van der Waals surface area contributed by atoms with Crippen LogP contribution in [0, 0.1) is 6.92 Å². The maximum Gasteiger partial charge on any atom is 0.330 e. The molecular formula is C32H34N2O3. The molecule has 1 aromatic heterocycles. The number of carbonyl (C=O) groups is 1. The van der Waals surface area contributed by atoms with E-state index in [4.69, 9.17) is 9.47 Å². The largest absolute Gasteiger partial charge is 0.492 e. The van der Waals surface area contributed by atoms with E-state index < -0.39 is 0 Å². The number of aromatic amines is 1. The number of benzene rings is 3. The lowest BCUT2D eigenvalue weighted by molar-refractivity contribution is -0.134. The summed E-state index contributed by atoms with van der Waals surface area (Å²) in [6.07, 6.45) is 8.53. The number of H-pyrrole nitrogens is 1. The molecule has 0 saturated heterocycles. The predicted octanol–water partition coefficient (Wildman–Crippen LogP) is 6.27. The van der Waals surface area contributed by atoms with Gasteiger partial charge in [0.05, 0.1) is 7.11 Å². The maximum atomic E-state index is 11.5. The Balaban J connectivity index is 1.32. The Hall–Kier alpha value is -3.83. The van der Waals surface area contributed by atoms with Crippen LogP contribution < -0.4 is 4.74 Å². The molecule has 0 amide bonds. The number of nitrogens with one attached hydrogen (secondary N) is 1. The average molecular weight is 495 g/mol. The molecule has 190 valence electrons. The summed E-state index contributed by atoms with van der Waals surface area (Å²) >= 11 is 0. The van der Waals surface area contributed by atoms with Crippen molar-refractivity contribution in [3.05, 3.63) is 107 Å². The molecule has 5 nitrogen and oxygen atoms in total. The Kier molecular flexibility index (Phi) is 7.71. The van der Waals surface area contributed by atoms with Gasteiger partial charge in [0.25, 0.3) is 0 Å². The van der Waals surface area contributed by atoms with Crippen LogP contribution in [0.1, 0.15) is 40.3 Å². The van der Waals surface area contributed by atoms with Crippen LogP contribution in [0.5, 0.6) is 5.75 Å². The number of hydrogen-bond donors (Lipinski definition) is 1. The third-order valence-corrected chi connectivity index (χ3v) is 7.28. The van der Waals surface area contributed by atoms with Crippen LogP contribution in [0.15, 0.2) is 79.0 Å². The van der Waals surface area contributed by atoms with Gasteiger partial charge >= 0.3 is 5.97 Å². The second-order valence-corrected chi connectivity index (χ2v) is 9.68. The molecule has 1 aliphatic carbocycles. The van der Waals surface area contributed by atoms with Gasteiger partial charge in [0.15, 0.2) is 0 Å². The Labute approximate surface area is 218 Å². The maximum absolute atomic E-state index is 11.5. The van der Waals surface area contributed by atoms with Crippen LogP contribution in [0.4, 0.5) is 0 Å². The van der Waals surface area contributed by atoms with Crippen molar-refractivity contribution in [2.24, 2.45) is 0 Å². The zero-order valence-electron chi connectivity index (χ0n) is 21.6. The van der Waals surface area contributed by atoms with Crippen LogP contribution in [0.25, 0.3) is 17.0 Å². The molecule has 1 unspecified atom stereocenters. The van der Waals surface area contributed by atoms with Gasteiger partial charge in [0, 0.05) is 42.3 Å². The minimum atomic E-state index is -0.338. The van der Waals surface area contributed by atoms with Crippen molar-refractivity contribution >= 4 is 22.9 Å². The van der Waals surface area contributed by atoms with Crippen molar-refractivity contribution in [2.45, 2.75) is 32.2 Å². The first kappa shape index (κ1) is 24.8. The van der Waals surface area contributed by atoms with Gasteiger partial charge in [-0.3, -0.25) is 4.90 Å². The van der Waals surface area contributed by atoms with Crippen LogP contribution >= 0.6 is 0 Å². The lowest BCUT2D eigenvalue weighted by Crippen LogP contribution is -2.33. The third-order valence-electron chi connectivity index (χ3n) is 7.28. The summed E-state index contributed by atoms with van der Waals surface area (Å²) in [5, 5.41) is 1.30. The summed E-state index contributed by atoms with van der Waals surface area (Å²) in [6, 6.07) is 23.6. The molecule has 0 spiro atoms. The summed E-state index contributed by atoms with van der Waals surface area (Å²) in [5.41, 5.74) is 7.53. The zero-order valence-corrected chi connectivity index (χ0v) is 21.6. The monoisotopic (exact) mass is 494 g/mol. The molecule has 5 heteroatoms. The van der Waals surface area contributed by atoms with E-state index in [2.05, 4.69) is 77.6 Å². The van der Waals surface area contributed by atoms with Gasteiger partial charge in [-0.15, -0.1) is 0 Å². The molecule has 1 heterocycles. The zero-order chi connectivity index (χ0) is 25.6. The van der Waals surface area contributed by atoms with Gasteiger partial charge in [-0.25, -0.2) is 4.79 Å². The van der Waals surface area contributed by atoms with Crippen molar-refractivity contribution in [2.75, 3.05) is 26.8 Å². The number of methoxy groups -OCH3 is 1. The molecule has 5 rings (SSSR count). The summed E-state index contributed by atoms with van der Waals surface area (Å²) < 4.78 is 10.9. The Morgan fingerprint density at radius 2 is 1.92 bits per heavy atom. The van der Waals surface area contributed by atoms with Gasteiger partial charge in [0.1, 0.15) is 12.4 Å². The Bertz CT molecular complexity index is 1390. The lowest BCUT2D eigenvalue weighted by Gasteiger charge is -2.29. The first-order chi connectivity index (χ1) is 18.1. The van der Waals surface area contributed by atoms with Crippen LogP contribution in [-0.4, -0.2) is 42.7 Å². The third kappa shape index (κ3) is 5.95. The van der Waals surface area contributed by atoms with Gasteiger partial charge in [-0.2, -0.15) is 0 Å². The van der Waals surface area contributed by atoms with E-state index >= 15 is 0 Å². The number of aromatic nitrogens is 1. The Morgan fingerprint density at radius 3 is 2.76 bits per heavy atom. The molecule has 1 N–H and O–H groups in total. The SMILES string of the molecule is COC(=O)/C=C/c1ccc2c(c1)CCC2N(CCOc1ccc(C)cc1)CCc1c[nH]c2ccccc12. The number of para-hydroxylation sites is 1. The molecule has 37 heavy (non-hydrogen) atoms. The lowest BCUT2D eigenvalue weighted by atomic mass is 10.0. The van der Waals surface area contributed by atoms with E-state index in [1.807, 2.05) is 18.2 Å². The predicted molar refractivity (Wildman–Crippen MR) is 149 cm³/mol. The minimum Gasteiger partial charge on any atom is -0.492 e. The van der Waals surface area contributed by atoms with E-state index in [1.165, 1.54) is 46.3 Å². The summed E-state index contributed by atoms with van der Waals surface area (Å²) in [5.74, 6) is 0.575. The van der Waals surface area contributed by atoms with Crippen molar-refractivity contribution in [3.63, 3.8) is 0 Å². The van der Waals surface area contributed by atoms with Gasteiger partial charge in [0.2, 0.25) is 0 Å². The van der Waals surface area contributed by atoms with Gasteiger partial charge in [-0.1, -0.05) is 54.1 Å². The van der Waals surface area contributed by atoms with Crippen molar-refractivity contribution < 1.29 is 14.3 Å². The average Bonchev–Trinajstić information content (AvgIpc) is 3.54. The van der Waals surface area contributed by atoms with Crippen LogP contribution in [-0.2, 0) is 22.4 Å². The molecule has 3 aromatic carbocycles. The second-order valence-electron chi connectivity index (χ2n) is 9.68. The first-order valence-corrected chi connectivity index (χ1v) is 13.0. The van der Waals surface area contributed by atoms with Crippen LogP contribution in [0.3, 0.4) is 0 Å². The smallest absolute Gasteiger partial charge is 0.330 e. The quantitative estimate of drug-likeness (QED) is 0.208. The standard InChI is InChI=1S/C32H34N2O3/c1-23-7-12-27(13-8-23)37-20-19-34(18-17-26-22-33-30-6-4-3-5-28(26)30)31-15-11-25-21-24(9-14-29(25)31)10-16-32(35)36-2/h3-10,12-14,16,21-22,31,33H,11,15,17-20H2,1-2H3/b16-10+. The number of ether oxygens (including phenoxy) is 2. The number of rotatable bonds is 10. The number of hydrogen-bond acceptors (Lipinski definition) is 4. The Morgan fingerprint density at radius 1 is 1.08 bits per heavy atom. The molecule has 0 saturated carbocycles. The number of nitrogens with zero attached hydrogens (tertiary/aromatic N) is 1. The summed E-state index contributed by atoms with van der Waals surface area (Å²) in [4.78, 5) is 17.5. The van der Waals surface area contributed by atoms with E-state index in [0.717, 1.165) is 43.7 Å². The van der Waals surface area contributed by atoms with Crippen LogP contribution in [0.2, 0.25) is 0 Å². The molecule has 1 aliphatic rings. The van der Waals surface area contributed by atoms with Crippen molar-refractivity contribution in [3.8, 4) is 5.75 Å².